The lowest BCUT2D eigenvalue weighted by Crippen LogP contribution is -2.42. The fraction of sp³-hybridized carbons (Fsp3) is 0.474. The molecule has 26 heavy (non-hydrogen) atoms. The Labute approximate surface area is 154 Å². The lowest BCUT2D eigenvalue weighted by molar-refractivity contribution is -0.136. The molecule has 0 heterocycles. The molecule has 7 heteroatoms. The molecule has 2 N–H and O–H groups in total. The third-order valence-corrected chi connectivity index (χ3v) is 3.76. The number of hydrogen-bond acceptors (Lipinski definition) is 4. The summed E-state index contributed by atoms with van der Waals surface area (Å²) in [6.45, 7) is 11.3. The van der Waals surface area contributed by atoms with E-state index in [0.717, 1.165) is 5.56 Å². The molecule has 0 radical (unpaired) electrons. The Hall–Kier alpha value is -2.70. The summed E-state index contributed by atoms with van der Waals surface area (Å²) in [6, 6.07) is 7.29. The van der Waals surface area contributed by atoms with Crippen molar-refractivity contribution < 1.29 is 14.4 Å². The van der Waals surface area contributed by atoms with E-state index in [1.54, 1.807) is 24.0 Å². The van der Waals surface area contributed by atoms with Gasteiger partial charge in [0.05, 0.1) is 6.42 Å². The molecule has 0 spiro atoms. The smallest absolute Gasteiger partial charge is 0.329 e. The third-order valence-electron chi connectivity index (χ3n) is 3.76. The highest BCUT2D eigenvalue weighted by Gasteiger charge is 2.21. The number of aryl methyl sites for hydroxylation is 1. The first-order valence-electron chi connectivity index (χ1n) is 8.64. The molecule has 0 atom stereocenters. The first kappa shape index (κ1) is 21.3. The standard InChI is InChI=1S/C19H28N4O3/c1-12(2)23(13(3)4)17(24)11-15(6)21-22-19(26)18(25)20-16-10-8-7-9-14(16)5/h7-10,12-13H,11H2,1-6H3,(H,20,25)(H,22,26). The van der Waals surface area contributed by atoms with Crippen LogP contribution in [0.5, 0.6) is 0 Å². The quantitative estimate of drug-likeness (QED) is 0.464. The summed E-state index contributed by atoms with van der Waals surface area (Å²) in [6.07, 6.45) is 0.0794. The van der Waals surface area contributed by atoms with Crippen LogP contribution in [0.4, 0.5) is 5.69 Å². The molecule has 0 saturated heterocycles. The van der Waals surface area contributed by atoms with Crippen molar-refractivity contribution in [2.45, 2.75) is 60.0 Å². The first-order valence-corrected chi connectivity index (χ1v) is 8.64. The van der Waals surface area contributed by atoms with Crippen LogP contribution in [0.1, 0.15) is 46.6 Å². The molecule has 1 aromatic rings. The van der Waals surface area contributed by atoms with E-state index < -0.39 is 11.8 Å². The van der Waals surface area contributed by atoms with E-state index in [0.29, 0.717) is 11.4 Å². The Kier molecular flexibility index (Phi) is 7.96. The molecule has 0 unspecified atom stereocenters. The van der Waals surface area contributed by atoms with Crippen molar-refractivity contribution in [1.82, 2.24) is 10.3 Å². The topological polar surface area (TPSA) is 90.9 Å². The zero-order valence-corrected chi connectivity index (χ0v) is 16.3. The number of benzene rings is 1. The minimum atomic E-state index is -0.885. The SMILES string of the molecule is CC(CC(=O)N(C(C)C)C(C)C)=NNC(=O)C(=O)Nc1ccccc1C. The summed E-state index contributed by atoms with van der Waals surface area (Å²) in [5.41, 5.74) is 4.03. The van der Waals surface area contributed by atoms with Gasteiger partial charge in [-0.25, -0.2) is 5.43 Å². The molecule has 0 bridgehead atoms. The van der Waals surface area contributed by atoms with Crippen LogP contribution in [0, 0.1) is 6.92 Å². The normalized spacial score (nSPS) is 11.5. The second-order valence-electron chi connectivity index (χ2n) is 6.72. The molecule has 1 aromatic carbocycles. The van der Waals surface area contributed by atoms with Gasteiger partial charge in [0.1, 0.15) is 0 Å². The van der Waals surface area contributed by atoms with E-state index in [9.17, 15) is 14.4 Å². The molecule has 0 aliphatic rings. The largest absolute Gasteiger partial charge is 0.338 e. The second kappa shape index (κ2) is 9.70. The van der Waals surface area contributed by atoms with Gasteiger partial charge in [0.15, 0.2) is 0 Å². The summed E-state index contributed by atoms with van der Waals surface area (Å²) in [5.74, 6) is -1.77. The van der Waals surface area contributed by atoms with Gasteiger partial charge < -0.3 is 10.2 Å². The van der Waals surface area contributed by atoms with E-state index in [1.165, 1.54) is 0 Å². The number of rotatable bonds is 6. The van der Waals surface area contributed by atoms with Crippen molar-refractivity contribution in [3.8, 4) is 0 Å². The minimum absolute atomic E-state index is 0.0739. The maximum atomic E-state index is 12.3. The average molecular weight is 360 g/mol. The van der Waals surface area contributed by atoms with Gasteiger partial charge in [0.2, 0.25) is 5.91 Å². The zero-order chi connectivity index (χ0) is 19.9. The van der Waals surface area contributed by atoms with E-state index >= 15 is 0 Å². The highest BCUT2D eigenvalue weighted by atomic mass is 16.2. The summed E-state index contributed by atoms with van der Waals surface area (Å²) in [5, 5.41) is 6.39. The highest BCUT2D eigenvalue weighted by molar-refractivity contribution is 6.39. The molecule has 0 aliphatic carbocycles. The highest BCUT2D eigenvalue weighted by Crippen LogP contribution is 2.12. The van der Waals surface area contributed by atoms with Crippen molar-refractivity contribution in [2.24, 2.45) is 5.10 Å². The van der Waals surface area contributed by atoms with Crippen molar-refractivity contribution in [3.63, 3.8) is 0 Å². The van der Waals surface area contributed by atoms with Crippen LogP contribution in [-0.4, -0.2) is 40.4 Å². The zero-order valence-electron chi connectivity index (χ0n) is 16.3. The number of carbonyl (C=O) groups excluding carboxylic acids is 3. The van der Waals surface area contributed by atoms with Crippen LogP contribution in [0.25, 0.3) is 0 Å². The maximum absolute atomic E-state index is 12.3. The van der Waals surface area contributed by atoms with E-state index in [-0.39, 0.29) is 24.4 Å². The summed E-state index contributed by atoms with van der Waals surface area (Å²) in [4.78, 5) is 37.9. The van der Waals surface area contributed by atoms with E-state index in [1.807, 2.05) is 46.8 Å². The molecule has 142 valence electrons. The Morgan fingerprint density at radius 3 is 2.15 bits per heavy atom. The third kappa shape index (κ3) is 6.31. The van der Waals surface area contributed by atoms with Crippen molar-refractivity contribution in [3.05, 3.63) is 29.8 Å². The molecule has 1 rings (SSSR count). The predicted octanol–water partition coefficient (Wildman–Crippen LogP) is 2.46. The van der Waals surface area contributed by atoms with Crippen LogP contribution in [0.3, 0.4) is 0 Å². The molecule has 0 saturated carbocycles. The molecular weight excluding hydrogens is 332 g/mol. The van der Waals surface area contributed by atoms with Gasteiger partial charge in [0.25, 0.3) is 0 Å². The number of nitrogens with one attached hydrogen (secondary N) is 2. The molecule has 7 nitrogen and oxygen atoms in total. The van der Waals surface area contributed by atoms with Crippen molar-refractivity contribution >= 4 is 29.1 Å². The van der Waals surface area contributed by atoms with Crippen LogP contribution in [0.15, 0.2) is 29.4 Å². The van der Waals surface area contributed by atoms with Gasteiger partial charge in [-0.1, -0.05) is 18.2 Å². The number of nitrogens with zero attached hydrogens (tertiary/aromatic N) is 2. The lowest BCUT2D eigenvalue weighted by Gasteiger charge is -2.30. The first-order chi connectivity index (χ1) is 12.1. The van der Waals surface area contributed by atoms with Gasteiger partial charge in [-0.05, 0) is 53.2 Å². The summed E-state index contributed by atoms with van der Waals surface area (Å²) in [7, 11) is 0. The van der Waals surface area contributed by atoms with Crippen molar-refractivity contribution in [1.29, 1.82) is 0 Å². The van der Waals surface area contributed by atoms with E-state index in [2.05, 4.69) is 15.8 Å². The number of carbonyl (C=O) groups is 3. The Morgan fingerprint density at radius 2 is 1.62 bits per heavy atom. The molecular formula is C19H28N4O3. The fourth-order valence-electron chi connectivity index (χ4n) is 2.61. The Morgan fingerprint density at radius 1 is 1.04 bits per heavy atom. The van der Waals surface area contributed by atoms with Gasteiger partial charge >= 0.3 is 11.8 Å². The lowest BCUT2D eigenvalue weighted by atomic mass is 10.2. The van der Waals surface area contributed by atoms with Crippen LogP contribution >= 0.6 is 0 Å². The van der Waals surface area contributed by atoms with Crippen LogP contribution in [-0.2, 0) is 14.4 Å². The number of amides is 3. The number of anilines is 1. The van der Waals surface area contributed by atoms with Crippen LogP contribution < -0.4 is 10.7 Å². The van der Waals surface area contributed by atoms with Gasteiger partial charge in [-0.3, -0.25) is 14.4 Å². The molecule has 3 amide bonds. The monoisotopic (exact) mass is 360 g/mol. The Bertz CT molecular complexity index is 688. The molecule has 0 aromatic heterocycles. The van der Waals surface area contributed by atoms with Gasteiger partial charge in [0, 0.05) is 23.5 Å². The van der Waals surface area contributed by atoms with Gasteiger partial charge in [-0.2, -0.15) is 5.10 Å². The van der Waals surface area contributed by atoms with Crippen LogP contribution in [0.2, 0.25) is 0 Å². The maximum Gasteiger partial charge on any atom is 0.329 e. The summed E-state index contributed by atoms with van der Waals surface area (Å²) < 4.78 is 0. The summed E-state index contributed by atoms with van der Waals surface area (Å²) >= 11 is 0. The number of hydrogen-bond donors (Lipinski definition) is 2. The predicted molar refractivity (Wildman–Crippen MR) is 103 cm³/mol. The molecule has 0 aliphatic heterocycles. The fourth-order valence-corrected chi connectivity index (χ4v) is 2.61. The van der Waals surface area contributed by atoms with Gasteiger partial charge in [-0.15, -0.1) is 0 Å². The number of para-hydroxylation sites is 1. The minimum Gasteiger partial charge on any atom is -0.338 e. The second-order valence-corrected chi connectivity index (χ2v) is 6.72. The van der Waals surface area contributed by atoms with E-state index in [4.69, 9.17) is 0 Å². The van der Waals surface area contributed by atoms with Crippen molar-refractivity contribution in [2.75, 3.05) is 5.32 Å². The molecule has 0 fully saturated rings. The average Bonchev–Trinajstić information content (AvgIpc) is 2.53. The number of hydrazone groups is 1. The Balaban J connectivity index is 2.62.